The minimum Gasteiger partial charge on any atom is -0.481 e. The molecule has 0 amide bonds. The molecule has 2 rings (SSSR count). The van der Waals surface area contributed by atoms with Crippen molar-refractivity contribution in [3.8, 4) is 17.3 Å². The first-order chi connectivity index (χ1) is 8.99. The molecule has 0 atom stereocenters. The number of aryl methyl sites for hydroxylation is 3. The van der Waals surface area contributed by atoms with E-state index in [1.165, 1.54) is 0 Å². The van der Waals surface area contributed by atoms with Crippen molar-refractivity contribution in [3.05, 3.63) is 27.3 Å². The largest absolute Gasteiger partial charge is 0.481 e. The van der Waals surface area contributed by atoms with Crippen LogP contribution in [0.4, 0.5) is 0 Å². The van der Waals surface area contributed by atoms with E-state index in [-0.39, 0.29) is 5.56 Å². The molecule has 0 bridgehead atoms. The van der Waals surface area contributed by atoms with Crippen molar-refractivity contribution < 1.29 is 4.74 Å². The summed E-state index contributed by atoms with van der Waals surface area (Å²) in [6, 6.07) is 0. The molecule has 0 aliphatic heterocycles. The Bertz CT molecular complexity index is 670. The van der Waals surface area contributed by atoms with Crippen LogP contribution in [0, 0.1) is 13.8 Å². The van der Waals surface area contributed by atoms with E-state index in [0.717, 1.165) is 17.0 Å². The number of aromatic nitrogens is 4. The fourth-order valence-corrected chi connectivity index (χ4v) is 2.29. The summed E-state index contributed by atoms with van der Waals surface area (Å²) < 4.78 is 6.96. The highest BCUT2D eigenvalue weighted by Crippen LogP contribution is 2.29. The number of nitrogens with one attached hydrogen (secondary N) is 1. The lowest BCUT2D eigenvalue weighted by molar-refractivity contribution is 0.374. The maximum atomic E-state index is 12.0. The van der Waals surface area contributed by atoms with Crippen LogP contribution < -0.4 is 10.3 Å². The number of aromatic amines is 1. The summed E-state index contributed by atoms with van der Waals surface area (Å²) >= 11 is 0. The molecule has 0 fully saturated rings. The van der Waals surface area contributed by atoms with Crippen LogP contribution in [-0.4, -0.2) is 26.9 Å². The average molecular weight is 262 g/mol. The highest BCUT2D eigenvalue weighted by atomic mass is 16.5. The van der Waals surface area contributed by atoms with Crippen LogP contribution in [0.3, 0.4) is 0 Å². The lowest BCUT2D eigenvalue weighted by Crippen LogP contribution is -2.17. The first-order valence-corrected chi connectivity index (χ1v) is 6.17. The van der Waals surface area contributed by atoms with Crippen molar-refractivity contribution in [1.29, 1.82) is 0 Å². The fraction of sp³-hybridized carbons (Fsp3) is 0.462. The van der Waals surface area contributed by atoms with Crippen LogP contribution in [-0.2, 0) is 13.5 Å². The quantitative estimate of drug-likeness (QED) is 0.906. The summed E-state index contributed by atoms with van der Waals surface area (Å²) in [6.07, 6.45) is 0.664. The molecular formula is C13H18N4O2. The van der Waals surface area contributed by atoms with Crippen molar-refractivity contribution in [1.82, 2.24) is 19.7 Å². The average Bonchev–Trinajstić information content (AvgIpc) is 2.62. The molecular weight excluding hydrogens is 244 g/mol. The third-order valence-corrected chi connectivity index (χ3v) is 3.18. The summed E-state index contributed by atoms with van der Waals surface area (Å²) in [7, 11) is 3.37. The molecule has 0 aliphatic rings. The number of nitrogens with zero attached hydrogens (tertiary/aromatic N) is 3. The molecule has 6 nitrogen and oxygen atoms in total. The first-order valence-electron chi connectivity index (χ1n) is 6.17. The topological polar surface area (TPSA) is 72.8 Å². The zero-order valence-corrected chi connectivity index (χ0v) is 11.9. The Labute approximate surface area is 111 Å². The van der Waals surface area contributed by atoms with Crippen LogP contribution in [0.1, 0.15) is 23.9 Å². The molecule has 0 saturated heterocycles. The standard InChI is InChI=1S/C13H18N4O2/c1-6-9-7(2)14-11(15-12(9)18)10-8(3)16-17(4)13(10)19-5/h6H2,1-5H3,(H,14,15,18). The lowest BCUT2D eigenvalue weighted by atomic mass is 10.1. The van der Waals surface area contributed by atoms with E-state index in [9.17, 15) is 4.79 Å². The molecule has 6 heteroatoms. The molecule has 102 valence electrons. The third-order valence-electron chi connectivity index (χ3n) is 3.18. The molecule has 2 aromatic rings. The van der Waals surface area contributed by atoms with Crippen LogP contribution in [0.25, 0.3) is 11.4 Å². The number of methoxy groups -OCH3 is 1. The highest BCUT2D eigenvalue weighted by Gasteiger charge is 2.19. The smallest absolute Gasteiger partial charge is 0.254 e. The van der Waals surface area contributed by atoms with Gasteiger partial charge < -0.3 is 9.72 Å². The van der Waals surface area contributed by atoms with Gasteiger partial charge in [-0.3, -0.25) is 4.79 Å². The van der Waals surface area contributed by atoms with Crippen molar-refractivity contribution in [2.45, 2.75) is 27.2 Å². The molecule has 2 heterocycles. The summed E-state index contributed by atoms with van der Waals surface area (Å²) in [5, 5.41) is 4.29. The Morgan fingerprint density at radius 1 is 1.32 bits per heavy atom. The van der Waals surface area contributed by atoms with Gasteiger partial charge in [-0.15, -0.1) is 0 Å². The third kappa shape index (κ3) is 2.14. The normalized spacial score (nSPS) is 10.8. The van der Waals surface area contributed by atoms with Crippen LogP contribution in [0.2, 0.25) is 0 Å². The lowest BCUT2D eigenvalue weighted by Gasteiger charge is -2.07. The minimum atomic E-state index is -0.102. The number of hydrogen-bond donors (Lipinski definition) is 1. The second kappa shape index (κ2) is 4.87. The molecule has 2 aromatic heterocycles. The van der Waals surface area contributed by atoms with Crippen molar-refractivity contribution in [2.75, 3.05) is 7.11 Å². The van der Waals surface area contributed by atoms with E-state index in [1.807, 2.05) is 20.8 Å². The van der Waals surface area contributed by atoms with Gasteiger partial charge >= 0.3 is 0 Å². The first kappa shape index (κ1) is 13.3. The van der Waals surface area contributed by atoms with Crippen molar-refractivity contribution in [3.63, 3.8) is 0 Å². The van der Waals surface area contributed by atoms with Gasteiger partial charge in [-0.1, -0.05) is 6.92 Å². The zero-order valence-electron chi connectivity index (χ0n) is 11.9. The van der Waals surface area contributed by atoms with Gasteiger partial charge in [0, 0.05) is 18.3 Å². The molecule has 0 radical (unpaired) electrons. The van der Waals surface area contributed by atoms with E-state index in [1.54, 1.807) is 18.8 Å². The van der Waals surface area contributed by atoms with E-state index in [4.69, 9.17) is 4.74 Å². The van der Waals surface area contributed by atoms with Crippen LogP contribution >= 0.6 is 0 Å². The van der Waals surface area contributed by atoms with Gasteiger partial charge in [0.25, 0.3) is 5.56 Å². The van der Waals surface area contributed by atoms with E-state index in [0.29, 0.717) is 23.7 Å². The predicted octanol–water partition coefficient (Wildman–Crippen LogP) is 1.36. The van der Waals surface area contributed by atoms with Gasteiger partial charge in [-0.25, -0.2) is 9.67 Å². The predicted molar refractivity (Wildman–Crippen MR) is 72.5 cm³/mol. The fourth-order valence-electron chi connectivity index (χ4n) is 2.29. The molecule has 0 aromatic carbocycles. The molecule has 0 aliphatic carbocycles. The summed E-state index contributed by atoms with van der Waals surface area (Å²) in [6.45, 7) is 5.64. The number of H-pyrrole nitrogens is 1. The second-order valence-corrected chi connectivity index (χ2v) is 4.43. The second-order valence-electron chi connectivity index (χ2n) is 4.43. The van der Waals surface area contributed by atoms with Gasteiger partial charge in [-0.2, -0.15) is 5.10 Å². The van der Waals surface area contributed by atoms with Crippen LogP contribution in [0.5, 0.6) is 5.88 Å². The maximum absolute atomic E-state index is 12.0. The van der Waals surface area contributed by atoms with Gasteiger partial charge in [0.2, 0.25) is 5.88 Å². The number of hydrogen-bond acceptors (Lipinski definition) is 4. The molecule has 1 N–H and O–H groups in total. The molecule has 19 heavy (non-hydrogen) atoms. The molecule has 0 saturated carbocycles. The van der Waals surface area contributed by atoms with Gasteiger partial charge in [0.15, 0.2) is 0 Å². The Balaban J connectivity index is 2.70. The van der Waals surface area contributed by atoms with Crippen molar-refractivity contribution >= 4 is 0 Å². The monoisotopic (exact) mass is 262 g/mol. The maximum Gasteiger partial charge on any atom is 0.254 e. The summed E-state index contributed by atoms with van der Waals surface area (Å²) in [5.41, 5.74) is 2.85. The number of ether oxygens (including phenoxy) is 1. The summed E-state index contributed by atoms with van der Waals surface area (Å²) in [5.74, 6) is 1.09. The van der Waals surface area contributed by atoms with Crippen molar-refractivity contribution in [2.24, 2.45) is 7.05 Å². The Kier molecular flexibility index (Phi) is 3.42. The Morgan fingerprint density at radius 3 is 2.53 bits per heavy atom. The molecule has 0 unspecified atom stereocenters. The number of rotatable bonds is 3. The molecule has 0 spiro atoms. The van der Waals surface area contributed by atoms with E-state index in [2.05, 4.69) is 15.1 Å². The van der Waals surface area contributed by atoms with Gasteiger partial charge in [-0.05, 0) is 20.3 Å². The highest BCUT2D eigenvalue weighted by molar-refractivity contribution is 5.65. The Hall–Kier alpha value is -2.11. The summed E-state index contributed by atoms with van der Waals surface area (Å²) in [4.78, 5) is 19.3. The Morgan fingerprint density at radius 2 is 2.00 bits per heavy atom. The zero-order chi connectivity index (χ0) is 14.2. The van der Waals surface area contributed by atoms with Gasteiger partial charge in [0.05, 0.1) is 12.8 Å². The minimum absolute atomic E-state index is 0.102. The van der Waals surface area contributed by atoms with Crippen LogP contribution in [0.15, 0.2) is 4.79 Å². The van der Waals surface area contributed by atoms with E-state index < -0.39 is 0 Å². The van der Waals surface area contributed by atoms with E-state index >= 15 is 0 Å². The SMILES string of the molecule is CCc1c(C)nc(-c2c(C)nn(C)c2OC)[nH]c1=O. The van der Waals surface area contributed by atoms with Gasteiger partial charge in [0.1, 0.15) is 11.4 Å².